The summed E-state index contributed by atoms with van der Waals surface area (Å²) >= 11 is 0. The molecule has 6 nitrogen and oxygen atoms in total. The van der Waals surface area contributed by atoms with Gasteiger partial charge in [0.15, 0.2) is 5.82 Å². The van der Waals surface area contributed by atoms with E-state index >= 15 is 0 Å². The van der Waals surface area contributed by atoms with Gasteiger partial charge < -0.3 is 10.1 Å². The third-order valence-corrected chi connectivity index (χ3v) is 3.72. The molecule has 2 heterocycles. The lowest BCUT2D eigenvalue weighted by molar-refractivity contribution is 0.317. The van der Waals surface area contributed by atoms with Gasteiger partial charge in [-0.25, -0.2) is 9.67 Å². The highest BCUT2D eigenvalue weighted by Gasteiger charge is 2.06. The second kappa shape index (κ2) is 7.79. The van der Waals surface area contributed by atoms with Crippen LogP contribution in [0.5, 0.6) is 5.75 Å². The van der Waals surface area contributed by atoms with Gasteiger partial charge in [-0.2, -0.15) is 5.10 Å². The molecule has 0 saturated heterocycles. The monoisotopic (exact) mass is 337 g/mol. The molecule has 0 radical (unpaired) electrons. The minimum absolute atomic E-state index is 0.670. The number of ether oxygens (including phenoxy) is 1. The van der Waals surface area contributed by atoms with Gasteiger partial charge in [0.25, 0.3) is 0 Å². The van der Waals surface area contributed by atoms with E-state index in [1.165, 1.54) is 0 Å². The van der Waals surface area contributed by atoms with Crippen LogP contribution in [-0.2, 0) is 6.54 Å². The van der Waals surface area contributed by atoms with Crippen molar-refractivity contribution in [3.63, 3.8) is 0 Å². The van der Waals surface area contributed by atoms with Gasteiger partial charge in [0.05, 0.1) is 24.7 Å². The van der Waals surface area contributed by atoms with E-state index in [-0.39, 0.29) is 0 Å². The van der Waals surface area contributed by atoms with Gasteiger partial charge in [-0.05, 0) is 44.0 Å². The second-order valence-corrected chi connectivity index (χ2v) is 5.95. The number of hydrogen-bond acceptors (Lipinski definition) is 5. The Bertz CT molecular complexity index is 826. The maximum atomic E-state index is 5.60. The van der Waals surface area contributed by atoms with Crippen LogP contribution >= 0.6 is 0 Å². The fraction of sp³-hybridized carbons (Fsp3) is 0.316. The molecule has 0 amide bonds. The van der Waals surface area contributed by atoms with Crippen molar-refractivity contribution < 1.29 is 4.74 Å². The molecule has 0 fully saturated rings. The van der Waals surface area contributed by atoms with E-state index in [0.717, 1.165) is 41.5 Å². The van der Waals surface area contributed by atoms with Crippen LogP contribution < -0.4 is 10.1 Å². The molecule has 3 rings (SSSR count). The number of anilines is 1. The second-order valence-electron chi connectivity index (χ2n) is 5.95. The predicted molar refractivity (Wildman–Crippen MR) is 98.2 cm³/mol. The molecule has 25 heavy (non-hydrogen) atoms. The van der Waals surface area contributed by atoms with Crippen LogP contribution in [0.2, 0.25) is 0 Å². The summed E-state index contributed by atoms with van der Waals surface area (Å²) in [6.07, 6.45) is 4.44. The van der Waals surface area contributed by atoms with Crippen LogP contribution in [0, 0.1) is 13.8 Å². The Labute approximate surface area is 147 Å². The summed E-state index contributed by atoms with van der Waals surface area (Å²) in [7, 11) is 0. The Morgan fingerprint density at radius 2 is 1.92 bits per heavy atom. The molecule has 130 valence electrons. The summed E-state index contributed by atoms with van der Waals surface area (Å²) in [5.74, 6) is 2.33. The van der Waals surface area contributed by atoms with Gasteiger partial charge in [-0.1, -0.05) is 19.1 Å². The quantitative estimate of drug-likeness (QED) is 0.712. The van der Waals surface area contributed by atoms with Crippen molar-refractivity contribution in [1.82, 2.24) is 19.7 Å². The van der Waals surface area contributed by atoms with Crippen LogP contribution in [0.25, 0.3) is 5.82 Å². The van der Waals surface area contributed by atoms with Crippen LogP contribution in [0.3, 0.4) is 0 Å². The van der Waals surface area contributed by atoms with Gasteiger partial charge in [0.2, 0.25) is 0 Å². The van der Waals surface area contributed by atoms with Gasteiger partial charge in [-0.15, -0.1) is 0 Å². The SMILES string of the molecule is CCCOc1ccc(CNc2cncc(-n3nc(C)cc3C)n2)cc1. The molecule has 0 bridgehead atoms. The van der Waals surface area contributed by atoms with E-state index in [4.69, 9.17) is 4.74 Å². The number of benzene rings is 1. The van der Waals surface area contributed by atoms with Crippen LogP contribution in [-0.4, -0.2) is 26.4 Å². The Balaban J connectivity index is 1.65. The molecule has 0 aliphatic carbocycles. The van der Waals surface area contributed by atoms with Crippen LogP contribution in [0.4, 0.5) is 5.82 Å². The third-order valence-electron chi connectivity index (χ3n) is 3.72. The minimum atomic E-state index is 0.670. The van der Waals surface area contributed by atoms with Gasteiger partial charge in [-0.3, -0.25) is 4.98 Å². The topological polar surface area (TPSA) is 64.9 Å². The number of nitrogens with zero attached hydrogens (tertiary/aromatic N) is 4. The van der Waals surface area contributed by atoms with Crippen molar-refractivity contribution >= 4 is 5.82 Å². The van der Waals surface area contributed by atoms with E-state index in [9.17, 15) is 0 Å². The van der Waals surface area contributed by atoms with E-state index in [2.05, 4.69) is 39.4 Å². The van der Waals surface area contributed by atoms with E-state index in [1.807, 2.05) is 32.0 Å². The zero-order valence-corrected chi connectivity index (χ0v) is 14.9. The summed E-state index contributed by atoms with van der Waals surface area (Å²) in [6, 6.07) is 10.1. The molecular formula is C19H23N5O. The smallest absolute Gasteiger partial charge is 0.174 e. The molecule has 1 N–H and O–H groups in total. The first kappa shape index (κ1) is 17.0. The fourth-order valence-electron chi connectivity index (χ4n) is 2.52. The zero-order chi connectivity index (χ0) is 17.6. The fourth-order valence-corrected chi connectivity index (χ4v) is 2.52. The van der Waals surface area contributed by atoms with Crippen LogP contribution in [0.1, 0.15) is 30.3 Å². The predicted octanol–water partition coefficient (Wildman–Crippen LogP) is 3.68. The molecule has 0 aliphatic rings. The number of aromatic nitrogens is 4. The van der Waals surface area contributed by atoms with E-state index in [1.54, 1.807) is 17.1 Å². The Kier molecular flexibility index (Phi) is 5.28. The Hall–Kier alpha value is -2.89. The van der Waals surface area contributed by atoms with Gasteiger partial charge in [0.1, 0.15) is 11.6 Å². The number of aryl methyl sites for hydroxylation is 2. The number of rotatable bonds is 7. The maximum absolute atomic E-state index is 5.60. The summed E-state index contributed by atoms with van der Waals surface area (Å²) < 4.78 is 7.40. The van der Waals surface area contributed by atoms with Crippen LogP contribution in [0.15, 0.2) is 42.7 Å². The molecule has 0 unspecified atom stereocenters. The largest absolute Gasteiger partial charge is 0.494 e. The average Bonchev–Trinajstić information content (AvgIpc) is 2.97. The van der Waals surface area contributed by atoms with E-state index < -0.39 is 0 Å². The molecule has 1 aromatic carbocycles. The summed E-state index contributed by atoms with van der Waals surface area (Å²) in [4.78, 5) is 8.86. The van der Waals surface area contributed by atoms with Gasteiger partial charge >= 0.3 is 0 Å². The van der Waals surface area contributed by atoms with Crippen molar-refractivity contribution in [2.24, 2.45) is 0 Å². The molecule has 0 aliphatic heterocycles. The standard InChI is InChI=1S/C19H23N5O/c1-4-9-25-17-7-5-16(6-8-17)11-21-18-12-20-13-19(22-18)24-15(3)10-14(2)23-24/h5-8,10,12-13H,4,9,11H2,1-3H3,(H,21,22). The van der Waals surface area contributed by atoms with Crippen molar-refractivity contribution in [3.05, 3.63) is 59.7 Å². The average molecular weight is 337 g/mol. The lowest BCUT2D eigenvalue weighted by Crippen LogP contribution is -2.07. The molecule has 0 spiro atoms. The molecule has 0 atom stereocenters. The number of hydrogen-bond donors (Lipinski definition) is 1. The first-order chi connectivity index (χ1) is 12.2. The van der Waals surface area contributed by atoms with Crippen molar-refractivity contribution in [1.29, 1.82) is 0 Å². The third kappa shape index (κ3) is 4.35. The summed E-state index contributed by atoms with van der Waals surface area (Å²) in [5.41, 5.74) is 3.15. The summed E-state index contributed by atoms with van der Waals surface area (Å²) in [6.45, 7) is 7.48. The summed E-state index contributed by atoms with van der Waals surface area (Å²) in [5, 5.41) is 7.75. The van der Waals surface area contributed by atoms with Gasteiger partial charge in [0, 0.05) is 12.2 Å². The highest BCUT2D eigenvalue weighted by Crippen LogP contribution is 2.15. The zero-order valence-electron chi connectivity index (χ0n) is 14.9. The maximum Gasteiger partial charge on any atom is 0.174 e. The molecule has 3 aromatic rings. The number of nitrogens with one attached hydrogen (secondary N) is 1. The molecule has 0 saturated carbocycles. The lowest BCUT2D eigenvalue weighted by Gasteiger charge is -2.09. The molecule has 6 heteroatoms. The van der Waals surface area contributed by atoms with Crippen molar-refractivity contribution in [2.75, 3.05) is 11.9 Å². The highest BCUT2D eigenvalue weighted by molar-refractivity contribution is 5.38. The molecular weight excluding hydrogens is 314 g/mol. The first-order valence-corrected chi connectivity index (χ1v) is 8.47. The highest BCUT2D eigenvalue weighted by atomic mass is 16.5. The van der Waals surface area contributed by atoms with E-state index in [0.29, 0.717) is 12.4 Å². The lowest BCUT2D eigenvalue weighted by atomic mass is 10.2. The first-order valence-electron chi connectivity index (χ1n) is 8.47. The Morgan fingerprint density at radius 1 is 1.12 bits per heavy atom. The Morgan fingerprint density at radius 3 is 2.60 bits per heavy atom. The van der Waals surface area contributed by atoms with Crippen molar-refractivity contribution in [3.8, 4) is 11.6 Å². The van der Waals surface area contributed by atoms with Crippen molar-refractivity contribution in [2.45, 2.75) is 33.7 Å². The minimum Gasteiger partial charge on any atom is -0.494 e. The normalized spacial score (nSPS) is 10.7. The molecule has 2 aromatic heterocycles.